The van der Waals surface area contributed by atoms with E-state index in [0.29, 0.717) is 12.5 Å². The van der Waals surface area contributed by atoms with Crippen LogP contribution < -0.4 is 5.32 Å². The zero-order valence-corrected chi connectivity index (χ0v) is 17.2. The van der Waals surface area contributed by atoms with Crippen LogP contribution in [0.25, 0.3) is 6.08 Å². The highest BCUT2D eigenvalue weighted by molar-refractivity contribution is 6.74. The number of hydrogen-bond donors (Lipinski definition) is 1. The zero-order valence-electron chi connectivity index (χ0n) is 16.2. The van der Waals surface area contributed by atoms with E-state index in [1.54, 1.807) is 6.08 Å². The van der Waals surface area contributed by atoms with Gasteiger partial charge in [0.25, 0.3) is 0 Å². The Balaban J connectivity index is 2.63. The third-order valence-corrected chi connectivity index (χ3v) is 9.29. The minimum absolute atomic E-state index is 0.0204. The fourth-order valence-electron chi connectivity index (χ4n) is 1.88. The molecule has 0 heterocycles. The van der Waals surface area contributed by atoms with Gasteiger partial charge in [0.2, 0.25) is 5.91 Å². The monoisotopic (exact) mass is 347 g/mol. The molecule has 0 aliphatic carbocycles. The van der Waals surface area contributed by atoms with Gasteiger partial charge in [-0.1, -0.05) is 65.0 Å². The molecule has 0 saturated heterocycles. The number of carbonyl (C=O) groups is 1. The molecular formula is C20H33NO2Si. The van der Waals surface area contributed by atoms with Crippen LogP contribution in [0.2, 0.25) is 18.1 Å². The van der Waals surface area contributed by atoms with E-state index < -0.39 is 8.32 Å². The first kappa shape index (κ1) is 20.7. The minimum atomic E-state index is -1.81. The van der Waals surface area contributed by atoms with Gasteiger partial charge in [0.05, 0.1) is 12.6 Å². The summed E-state index contributed by atoms with van der Waals surface area (Å²) >= 11 is 0. The van der Waals surface area contributed by atoms with Gasteiger partial charge in [0.15, 0.2) is 8.32 Å². The van der Waals surface area contributed by atoms with Gasteiger partial charge >= 0.3 is 0 Å². The zero-order chi connectivity index (χ0) is 18.4. The summed E-state index contributed by atoms with van der Waals surface area (Å²) in [7, 11) is -1.81. The number of amides is 1. The third-order valence-electron chi connectivity index (χ3n) is 4.79. The molecule has 1 aromatic rings. The van der Waals surface area contributed by atoms with Gasteiger partial charge in [-0.25, -0.2) is 0 Å². The summed E-state index contributed by atoms with van der Waals surface area (Å²) in [5.41, 5.74) is 1.02. The second kappa shape index (κ2) is 8.63. The Kier molecular flexibility index (Phi) is 7.43. The highest BCUT2D eigenvalue weighted by Gasteiger charge is 2.37. The van der Waals surface area contributed by atoms with E-state index in [-0.39, 0.29) is 17.0 Å². The fraction of sp³-hybridized carbons (Fsp3) is 0.550. The molecule has 0 radical (unpaired) electrons. The molecule has 1 rings (SSSR count). The van der Waals surface area contributed by atoms with Crippen molar-refractivity contribution < 1.29 is 9.22 Å². The highest BCUT2D eigenvalue weighted by atomic mass is 28.4. The van der Waals surface area contributed by atoms with Crippen LogP contribution in [0.4, 0.5) is 0 Å². The summed E-state index contributed by atoms with van der Waals surface area (Å²) in [4.78, 5) is 12.2. The van der Waals surface area contributed by atoms with E-state index in [9.17, 15) is 4.79 Å². The van der Waals surface area contributed by atoms with Crippen LogP contribution in [-0.4, -0.2) is 26.9 Å². The predicted molar refractivity (Wildman–Crippen MR) is 105 cm³/mol. The number of benzene rings is 1. The van der Waals surface area contributed by atoms with Crippen LogP contribution >= 0.6 is 0 Å². The largest absolute Gasteiger partial charge is 0.415 e. The van der Waals surface area contributed by atoms with Gasteiger partial charge in [0, 0.05) is 6.08 Å². The Bertz CT molecular complexity index is 545. The molecule has 134 valence electrons. The normalized spacial score (nSPS) is 14.2. The molecule has 4 heteroatoms. The molecule has 1 atom stereocenters. The summed E-state index contributed by atoms with van der Waals surface area (Å²) in [5, 5.41) is 3.25. The van der Waals surface area contributed by atoms with E-state index >= 15 is 0 Å². The van der Waals surface area contributed by atoms with Gasteiger partial charge in [0.1, 0.15) is 0 Å². The van der Waals surface area contributed by atoms with Crippen molar-refractivity contribution in [1.29, 1.82) is 0 Å². The van der Waals surface area contributed by atoms with Crippen molar-refractivity contribution in [3.05, 3.63) is 42.0 Å². The molecular weight excluding hydrogens is 314 g/mol. The molecule has 1 N–H and O–H groups in total. The predicted octanol–water partition coefficient (Wildman–Crippen LogP) is 4.86. The highest BCUT2D eigenvalue weighted by Crippen LogP contribution is 2.36. The molecule has 1 aromatic carbocycles. The lowest BCUT2D eigenvalue weighted by Crippen LogP contribution is -2.47. The molecule has 0 aliphatic rings. The lowest BCUT2D eigenvalue weighted by atomic mass is 10.1. The second-order valence-corrected chi connectivity index (χ2v) is 13.0. The first-order valence-corrected chi connectivity index (χ1v) is 11.6. The molecule has 3 nitrogen and oxygen atoms in total. The first-order chi connectivity index (χ1) is 11.0. The van der Waals surface area contributed by atoms with Crippen molar-refractivity contribution in [2.45, 2.75) is 58.8 Å². The Morgan fingerprint density at radius 2 is 1.79 bits per heavy atom. The average Bonchev–Trinajstić information content (AvgIpc) is 2.49. The summed E-state index contributed by atoms with van der Waals surface area (Å²) in [5.74, 6) is 0.250. The molecule has 0 aromatic heterocycles. The smallest absolute Gasteiger partial charge is 0.244 e. The lowest BCUT2D eigenvalue weighted by Gasteiger charge is -2.38. The van der Waals surface area contributed by atoms with Gasteiger partial charge in [-0.3, -0.25) is 4.79 Å². The Morgan fingerprint density at radius 3 is 2.29 bits per heavy atom. The van der Waals surface area contributed by atoms with Crippen LogP contribution in [0.5, 0.6) is 0 Å². The molecule has 1 amide bonds. The summed E-state index contributed by atoms with van der Waals surface area (Å²) in [6.45, 7) is 15.9. The fourth-order valence-corrected chi connectivity index (χ4v) is 2.91. The van der Waals surface area contributed by atoms with E-state index in [2.05, 4.69) is 53.0 Å². The van der Waals surface area contributed by atoms with Crippen molar-refractivity contribution in [3.63, 3.8) is 0 Å². The van der Waals surface area contributed by atoms with E-state index in [1.165, 1.54) is 0 Å². The van der Waals surface area contributed by atoms with Crippen LogP contribution in [-0.2, 0) is 9.22 Å². The quantitative estimate of drug-likeness (QED) is 0.565. The van der Waals surface area contributed by atoms with E-state index in [4.69, 9.17) is 4.43 Å². The first-order valence-electron chi connectivity index (χ1n) is 8.70. The molecule has 0 fully saturated rings. The van der Waals surface area contributed by atoms with Gasteiger partial charge in [-0.2, -0.15) is 0 Å². The topological polar surface area (TPSA) is 38.3 Å². The van der Waals surface area contributed by atoms with Gasteiger partial charge in [-0.15, -0.1) is 0 Å². The molecule has 0 spiro atoms. The lowest BCUT2D eigenvalue weighted by molar-refractivity contribution is -0.117. The van der Waals surface area contributed by atoms with E-state index in [0.717, 1.165) is 5.56 Å². The maximum Gasteiger partial charge on any atom is 0.244 e. The molecule has 24 heavy (non-hydrogen) atoms. The van der Waals surface area contributed by atoms with Crippen LogP contribution in [0.3, 0.4) is 0 Å². The van der Waals surface area contributed by atoms with E-state index in [1.807, 2.05) is 36.4 Å². The Hall–Kier alpha value is -1.39. The number of carbonyl (C=O) groups excluding carboxylic acids is 1. The van der Waals surface area contributed by atoms with Crippen molar-refractivity contribution in [2.24, 2.45) is 5.92 Å². The Morgan fingerprint density at radius 1 is 1.21 bits per heavy atom. The second-order valence-electron chi connectivity index (χ2n) is 8.17. The van der Waals surface area contributed by atoms with Crippen LogP contribution in [0.1, 0.15) is 40.2 Å². The Labute approximate surface area is 148 Å². The van der Waals surface area contributed by atoms with Crippen LogP contribution in [0.15, 0.2) is 36.4 Å². The standard InChI is InChI=1S/C20H33NO2Si/c1-16(2)18(15-23-24(6,7)20(3,4)5)21-19(22)14-13-17-11-9-8-10-12-17/h8-14,16,18H,15H2,1-7H3,(H,21,22)/b14-13+. The maximum atomic E-state index is 12.2. The number of hydrogen-bond acceptors (Lipinski definition) is 2. The summed E-state index contributed by atoms with van der Waals surface area (Å²) in [6.07, 6.45) is 3.43. The van der Waals surface area contributed by atoms with Crippen LogP contribution in [0, 0.1) is 5.92 Å². The third kappa shape index (κ3) is 6.61. The maximum absolute atomic E-state index is 12.2. The van der Waals surface area contributed by atoms with Crippen molar-refractivity contribution in [2.75, 3.05) is 6.61 Å². The van der Waals surface area contributed by atoms with Gasteiger partial charge in [-0.05, 0) is 35.7 Å². The molecule has 0 aliphatic heterocycles. The molecule has 0 saturated carbocycles. The number of rotatable bonds is 7. The van der Waals surface area contributed by atoms with Crippen molar-refractivity contribution in [1.82, 2.24) is 5.32 Å². The summed E-state index contributed by atoms with van der Waals surface area (Å²) < 4.78 is 6.28. The SMILES string of the molecule is CC(C)C(CO[Si](C)(C)C(C)(C)C)NC(=O)/C=C/c1ccccc1. The molecule has 1 unspecified atom stereocenters. The van der Waals surface area contributed by atoms with Gasteiger partial charge < -0.3 is 9.74 Å². The average molecular weight is 348 g/mol. The summed E-state index contributed by atoms with van der Waals surface area (Å²) in [6, 6.07) is 9.86. The minimum Gasteiger partial charge on any atom is -0.415 e. The van der Waals surface area contributed by atoms with Crippen molar-refractivity contribution in [3.8, 4) is 0 Å². The molecule has 0 bridgehead atoms. The van der Waals surface area contributed by atoms with Crippen molar-refractivity contribution >= 4 is 20.3 Å². The number of nitrogens with one attached hydrogen (secondary N) is 1.